The molecule has 2 rings (SSSR count). The van der Waals surface area contributed by atoms with Crippen LogP contribution in [0.4, 0.5) is 13.2 Å². The minimum absolute atomic E-state index is 0.211. The molecule has 1 saturated heterocycles. The topological polar surface area (TPSA) is 29.5 Å². The van der Waals surface area contributed by atoms with Crippen molar-refractivity contribution in [1.29, 1.82) is 0 Å². The van der Waals surface area contributed by atoms with E-state index in [1.165, 1.54) is 4.90 Å². The van der Waals surface area contributed by atoms with Crippen LogP contribution in [0.15, 0.2) is 18.2 Å². The quantitative estimate of drug-likeness (QED) is 0.841. The molecule has 0 aromatic heterocycles. The summed E-state index contributed by atoms with van der Waals surface area (Å²) < 4.78 is 42.8. The second-order valence-corrected chi connectivity index (χ2v) is 6.19. The molecular weight excluding hydrogens is 307 g/mol. The Kier molecular flexibility index (Phi) is 5.34. The first kappa shape index (κ1) is 17.8. The van der Waals surface area contributed by atoms with Crippen molar-refractivity contribution in [2.45, 2.75) is 51.9 Å². The van der Waals surface area contributed by atoms with Gasteiger partial charge >= 0.3 is 6.18 Å². The van der Waals surface area contributed by atoms with E-state index in [1.807, 2.05) is 32.0 Å². The number of ether oxygens (including phenoxy) is 1. The molecule has 0 aliphatic carbocycles. The highest BCUT2D eigenvalue weighted by atomic mass is 19.4. The molecule has 0 radical (unpaired) electrons. The molecule has 128 valence electrons. The number of hydrogen-bond donors (Lipinski definition) is 0. The van der Waals surface area contributed by atoms with Gasteiger partial charge in [0.1, 0.15) is 6.10 Å². The molecule has 1 heterocycles. The first-order valence-electron chi connectivity index (χ1n) is 7.72. The Morgan fingerprint density at radius 2 is 2.04 bits per heavy atom. The maximum absolute atomic E-state index is 12.3. The molecule has 2 unspecified atom stereocenters. The number of alkyl halides is 3. The molecule has 1 amide bonds. The molecule has 1 fully saturated rings. The molecule has 23 heavy (non-hydrogen) atoms. The Hall–Kier alpha value is -1.56. The van der Waals surface area contributed by atoms with Crippen LogP contribution in [0.1, 0.15) is 42.6 Å². The van der Waals surface area contributed by atoms with Gasteiger partial charge in [0.25, 0.3) is 0 Å². The standard InChI is InChI=1S/C17H22F3NO2/c1-11-4-5-12(2)14(8-11)15-9-21(13(3)10-23-15)16(22)6-7-17(18,19)20/h4-5,8,13,15H,6-7,9-10H2,1-3H3. The Morgan fingerprint density at radius 3 is 2.70 bits per heavy atom. The molecule has 0 N–H and O–H groups in total. The van der Waals surface area contributed by atoms with E-state index in [2.05, 4.69) is 0 Å². The number of carbonyl (C=O) groups excluding carboxylic acids is 1. The van der Waals surface area contributed by atoms with Gasteiger partial charge < -0.3 is 9.64 Å². The summed E-state index contributed by atoms with van der Waals surface area (Å²) in [7, 11) is 0. The van der Waals surface area contributed by atoms with Gasteiger partial charge in [-0.2, -0.15) is 13.2 Å². The summed E-state index contributed by atoms with van der Waals surface area (Å²) in [6, 6.07) is 5.78. The molecule has 2 atom stereocenters. The minimum Gasteiger partial charge on any atom is -0.370 e. The lowest BCUT2D eigenvalue weighted by Crippen LogP contribution is -2.48. The van der Waals surface area contributed by atoms with Crippen molar-refractivity contribution in [2.75, 3.05) is 13.2 Å². The minimum atomic E-state index is -4.31. The smallest absolute Gasteiger partial charge is 0.370 e. The van der Waals surface area contributed by atoms with Crippen molar-refractivity contribution >= 4 is 5.91 Å². The molecule has 1 aliphatic heterocycles. The summed E-state index contributed by atoms with van der Waals surface area (Å²) in [6.45, 7) is 6.36. The maximum atomic E-state index is 12.3. The number of halogens is 3. The Morgan fingerprint density at radius 1 is 1.35 bits per heavy atom. The van der Waals surface area contributed by atoms with Crippen molar-refractivity contribution in [3.05, 3.63) is 34.9 Å². The average Bonchev–Trinajstić information content (AvgIpc) is 2.47. The van der Waals surface area contributed by atoms with Crippen LogP contribution in [0.3, 0.4) is 0 Å². The molecule has 1 aromatic carbocycles. The first-order valence-corrected chi connectivity index (χ1v) is 7.72. The van der Waals surface area contributed by atoms with Crippen LogP contribution >= 0.6 is 0 Å². The zero-order chi connectivity index (χ0) is 17.2. The van der Waals surface area contributed by atoms with Gasteiger partial charge in [0.2, 0.25) is 5.91 Å². The number of rotatable bonds is 3. The van der Waals surface area contributed by atoms with Crippen molar-refractivity contribution in [1.82, 2.24) is 4.90 Å². The van der Waals surface area contributed by atoms with E-state index in [4.69, 9.17) is 4.74 Å². The number of aryl methyl sites for hydroxylation is 2. The van der Waals surface area contributed by atoms with E-state index >= 15 is 0 Å². The summed E-state index contributed by atoms with van der Waals surface area (Å²) in [4.78, 5) is 13.7. The third-order valence-corrected chi connectivity index (χ3v) is 4.16. The van der Waals surface area contributed by atoms with E-state index in [9.17, 15) is 18.0 Å². The molecule has 0 bridgehead atoms. The zero-order valence-corrected chi connectivity index (χ0v) is 13.6. The maximum Gasteiger partial charge on any atom is 0.389 e. The average molecular weight is 329 g/mol. The van der Waals surface area contributed by atoms with Crippen molar-refractivity contribution in [3.8, 4) is 0 Å². The lowest BCUT2D eigenvalue weighted by molar-refractivity contribution is -0.156. The van der Waals surface area contributed by atoms with Gasteiger partial charge in [0, 0.05) is 6.42 Å². The fraction of sp³-hybridized carbons (Fsp3) is 0.588. The molecule has 6 heteroatoms. The normalized spacial score (nSPS) is 22.3. The van der Waals surface area contributed by atoms with Crippen LogP contribution in [0.2, 0.25) is 0 Å². The van der Waals surface area contributed by atoms with Crippen LogP contribution in [-0.4, -0.2) is 36.2 Å². The van der Waals surface area contributed by atoms with Crippen LogP contribution < -0.4 is 0 Å². The van der Waals surface area contributed by atoms with E-state index in [0.29, 0.717) is 13.2 Å². The molecule has 1 aromatic rings. The molecule has 3 nitrogen and oxygen atoms in total. The first-order chi connectivity index (χ1) is 10.7. The Balaban J connectivity index is 2.09. The number of morpholine rings is 1. The summed E-state index contributed by atoms with van der Waals surface area (Å²) in [5.74, 6) is -0.464. The monoisotopic (exact) mass is 329 g/mol. The third kappa shape index (κ3) is 4.70. The van der Waals surface area contributed by atoms with Gasteiger partial charge in [-0.25, -0.2) is 0 Å². The van der Waals surface area contributed by atoms with Gasteiger partial charge in [-0.1, -0.05) is 23.8 Å². The number of carbonyl (C=O) groups is 1. The van der Waals surface area contributed by atoms with E-state index < -0.39 is 24.9 Å². The second kappa shape index (κ2) is 6.91. The van der Waals surface area contributed by atoms with Gasteiger partial charge in [0.05, 0.1) is 25.6 Å². The lowest BCUT2D eigenvalue weighted by atomic mass is 9.98. The second-order valence-electron chi connectivity index (χ2n) is 6.19. The van der Waals surface area contributed by atoms with Crippen molar-refractivity contribution in [2.24, 2.45) is 0 Å². The van der Waals surface area contributed by atoms with E-state index in [0.717, 1.165) is 16.7 Å². The molecule has 0 saturated carbocycles. The Bertz CT molecular complexity index is 571. The van der Waals surface area contributed by atoms with Crippen molar-refractivity contribution in [3.63, 3.8) is 0 Å². The lowest BCUT2D eigenvalue weighted by Gasteiger charge is -2.39. The highest BCUT2D eigenvalue weighted by molar-refractivity contribution is 5.76. The third-order valence-electron chi connectivity index (χ3n) is 4.16. The number of nitrogens with zero attached hydrogens (tertiary/aromatic N) is 1. The highest BCUT2D eigenvalue weighted by Gasteiger charge is 2.34. The highest BCUT2D eigenvalue weighted by Crippen LogP contribution is 2.29. The fourth-order valence-corrected chi connectivity index (χ4v) is 2.79. The number of amides is 1. The molecule has 1 aliphatic rings. The van der Waals surface area contributed by atoms with Gasteiger partial charge in [-0.15, -0.1) is 0 Å². The van der Waals surface area contributed by atoms with Gasteiger partial charge in [-0.3, -0.25) is 4.79 Å². The Labute approximate surface area is 134 Å². The van der Waals surface area contributed by atoms with E-state index in [1.54, 1.807) is 6.92 Å². The van der Waals surface area contributed by atoms with Gasteiger partial charge in [-0.05, 0) is 31.9 Å². The van der Waals surface area contributed by atoms with Crippen molar-refractivity contribution < 1.29 is 22.7 Å². The van der Waals surface area contributed by atoms with Crippen LogP contribution in [0.25, 0.3) is 0 Å². The predicted molar refractivity (Wildman–Crippen MR) is 81.1 cm³/mol. The summed E-state index contributed by atoms with van der Waals surface area (Å²) in [5.41, 5.74) is 3.13. The number of benzene rings is 1. The largest absolute Gasteiger partial charge is 0.389 e. The number of hydrogen-bond acceptors (Lipinski definition) is 2. The summed E-state index contributed by atoms with van der Waals surface area (Å²) in [6.07, 6.45) is -6.18. The van der Waals surface area contributed by atoms with Gasteiger partial charge in [0.15, 0.2) is 0 Å². The predicted octanol–water partition coefficient (Wildman–Crippen LogP) is 3.93. The summed E-state index contributed by atoms with van der Waals surface area (Å²) >= 11 is 0. The zero-order valence-electron chi connectivity index (χ0n) is 13.6. The summed E-state index contributed by atoms with van der Waals surface area (Å²) in [5, 5.41) is 0. The fourth-order valence-electron chi connectivity index (χ4n) is 2.79. The molecule has 0 spiro atoms. The van der Waals surface area contributed by atoms with Crippen LogP contribution in [-0.2, 0) is 9.53 Å². The van der Waals surface area contributed by atoms with E-state index in [-0.39, 0.29) is 12.1 Å². The SMILES string of the molecule is Cc1ccc(C)c(C2CN(C(=O)CCC(F)(F)F)C(C)CO2)c1. The van der Waals surface area contributed by atoms with Crippen LogP contribution in [0.5, 0.6) is 0 Å². The molecular formula is C17H22F3NO2. The van der Waals surface area contributed by atoms with Crippen LogP contribution in [0, 0.1) is 13.8 Å².